The monoisotopic (exact) mass is 244 g/mol. The fourth-order valence-corrected chi connectivity index (χ4v) is 1.71. The highest BCUT2D eigenvalue weighted by atomic mass is 16.5. The van der Waals surface area contributed by atoms with Gasteiger partial charge in [-0.3, -0.25) is 5.10 Å². The van der Waals surface area contributed by atoms with Gasteiger partial charge in [-0.15, -0.1) is 0 Å². The van der Waals surface area contributed by atoms with Gasteiger partial charge < -0.3 is 9.53 Å². The van der Waals surface area contributed by atoms with Crippen LogP contribution in [0.15, 0.2) is 24.4 Å². The van der Waals surface area contributed by atoms with Crippen molar-refractivity contribution in [3.8, 4) is 0 Å². The number of hydrogen-bond acceptors (Lipinski definition) is 4. The molecule has 0 atom stereocenters. The number of benzene rings is 1. The highest BCUT2D eigenvalue weighted by molar-refractivity contribution is 6.04. The molecule has 1 N–H and O–H groups in total. The SMILES string of the molecule is COC(=O)c1cc(C=CCC=O)cc2[nH]ncc12. The standard InChI is InChI=1S/C13H12N2O3/c1-18-13(17)10-6-9(4-2-3-5-16)7-12-11(10)8-14-15-12/h2,4-8H,3H2,1H3,(H,14,15). The van der Waals surface area contributed by atoms with Crippen molar-refractivity contribution in [1.82, 2.24) is 10.2 Å². The van der Waals surface area contributed by atoms with Crippen molar-refractivity contribution in [2.75, 3.05) is 7.11 Å². The second-order valence-electron chi connectivity index (χ2n) is 3.70. The Labute approximate surface area is 103 Å². The molecule has 5 nitrogen and oxygen atoms in total. The van der Waals surface area contributed by atoms with Gasteiger partial charge in [0.1, 0.15) is 6.29 Å². The number of ether oxygens (including phenoxy) is 1. The lowest BCUT2D eigenvalue weighted by atomic mass is 10.1. The Morgan fingerprint density at radius 2 is 2.33 bits per heavy atom. The molecule has 0 bridgehead atoms. The highest BCUT2D eigenvalue weighted by Gasteiger charge is 2.12. The van der Waals surface area contributed by atoms with E-state index in [2.05, 4.69) is 10.2 Å². The molecule has 0 amide bonds. The van der Waals surface area contributed by atoms with Crippen LogP contribution in [0.25, 0.3) is 17.0 Å². The molecule has 18 heavy (non-hydrogen) atoms. The molecular formula is C13H12N2O3. The number of rotatable bonds is 4. The molecule has 0 saturated carbocycles. The fraction of sp³-hybridized carbons (Fsp3) is 0.154. The molecule has 0 aliphatic carbocycles. The largest absolute Gasteiger partial charge is 0.465 e. The quantitative estimate of drug-likeness (QED) is 0.659. The summed E-state index contributed by atoms with van der Waals surface area (Å²) in [4.78, 5) is 21.9. The average molecular weight is 244 g/mol. The first-order valence-corrected chi connectivity index (χ1v) is 5.42. The van der Waals surface area contributed by atoms with Crippen LogP contribution in [0.2, 0.25) is 0 Å². The van der Waals surface area contributed by atoms with E-state index in [-0.39, 0.29) is 0 Å². The highest BCUT2D eigenvalue weighted by Crippen LogP contribution is 2.20. The molecule has 0 saturated heterocycles. The molecule has 1 aromatic heterocycles. The van der Waals surface area contributed by atoms with Crippen LogP contribution in [0.4, 0.5) is 0 Å². The van der Waals surface area contributed by atoms with Crippen LogP contribution < -0.4 is 0 Å². The van der Waals surface area contributed by atoms with E-state index in [4.69, 9.17) is 4.74 Å². The number of esters is 1. The number of nitrogens with one attached hydrogen (secondary N) is 1. The number of hydrogen-bond donors (Lipinski definition) is 1. The van der Waals surface area contributed by atoms with Crippen molar-refractivity contribution in [2.45, 2.75) is 6.42 Å². The van der Waals surface area contributed by atoms with Gasteiger partial charge in [0, 0.05) is 11.8 Å². The number of aromatic nitrogens is 2. The van der Waals surface area contributed by atoms with Crippen LogP contribution in [0.1, 0.15) is 22.3 Å². The van der Waals surface area contributed by atoms with Gasteiger partial charge >= 0.3 is 5.97 Å². The maximum Gasteiger partial charge on any atom is 0.338 e. The van der Waals surface area contributed by atoms with Gasteiger partial charge in [-0.1, -0.05) is 12.2 Å². The summed E-state index contributed by atoms with van der Waals surface area (Å²) >= 11 is 0. The molecule has 1 heterocycles. The minimum atomic E-state index is -0.410. The predicted molar refractivity (Wildman–Crippen MR) is 67.1 cm³/mol. The number of allylic oxidation sites excluding steroid dienone is 1. The number of carbonyl (C=O) groups is 2. The van der Waals surface area contributed by atoms with E-state index in [0.717, 1.165) is 22.8 Å². The normalized spacial score (nSPS) is 10.9. The Bertz CT molecular complexity index is 614. The van der Waals surface area contributed by atoms with Gasteiger partial charge in [-0.05, 0) is 17.7 Å². The minimum absolute atomic E-state index is 0.342. The Morgan fingerprint density at radius 1 is 1.50 bits per heavy atom. The minimum Gasteiger partial charge on any atom is -0.465 e. The molecule has 0 unspecified atom stereocenters. The number of carbonyl (C=O) groups excluding carboxylic acids is 2. The zero-order chi connectivity index (χ0) is 13.0. The first-order valence-electron chi connectivity index (χ1n) is 5.42. The van der Waals surface area contributed by atoms with E-state index in [0.29, 0.717) is 12.0 Å². The second-order valence-corrected chi connectivity index (χ2v) is 3.70. The summed E-state index contributed by atoms with van der Waals surface area (Å²) in [5.74, 6) is -0.410. The molecule has 0 radical (unpaired) electrons. The molecule has 0 spiro atoms. The zero-order valence-electron chi connectivity index (χ0n) is 9.84. The second kappa shape index (κ2) is 5.27. The Morgan fingerprint density at radius 3 is 3.06 bits per heavy atom. The summed E-state index contributed by atoms with van der Waals surface area (Å²) in [7, 11) is 1.34. The van der Waals surface area contributed by atoms with Crippen LogP contribution in [0, 0.1) is 0 Å². The van der Waals surface area contributed by atoms with Crippen molar-refractivity contribution < 1.29 is 14.3 Å². The smallest absolute Gasteiger partial charge is 0.338 e. The van der Waals surface area contributed by atoms with E-state index in [1.807, 2.05) is 6.07 Å². The van der Waals surface area contributed by atoms with E-state index in [1.165, 1.54) is 7.11 Å². The molecular weight excluding hydrogens is 232 g/mol. The third-order valence-corrected chi connectivity index (χ3v) is 2.53. The summed E-state index contributed by atoms with van der Waals surface area (Å²) in [6.45, 7) is 0. The van der Waals surface area contributed by atoms with E-state index < -0.39 is 5.97 Å². The summed E-state index contributed by atoms with van der Waals surface area (Å²) < 4.78 is 4.73. The Balaban J connectivity index is 2.50. The van der Waals surface area contributed by atoms with Crippen molar-refractivity contribution in [2.24, 2.45) is 0 Å². The third kappa shape index (κ3) is 2.29. The number of aldehydes is 1. The molecule has 0 aliphatic heterocycles. The fourth-order valence-electron chi connectivity index (χ4n) is 1.71. The van der Waals surface area contributed by atoms with E-state index in [9.17, 15) is 9.59 Å². The van der Waals surface area contributed by atoms with Gasteiger partial charge in [-0.25, -0.2) is 4.79 Å². The number of H-pyrrole nitrogens is 1. The molecule has 0 aliphatic rings. The lowest BCUT2D eigenvalue weighted by molar-refractivity contribution is -0.107. The van der Waals surface area contributed by atoms with Gasteiger partial charge in [0.25, 0.3) is 0 Å². The van der Waals surface area contributed by atoms with Crippen LogP contribution in [0.3, 0.4) is 0 Å². The summed E-state index contributed by atoms with van der Waals surface area (Å²) in [6.07, 6.45) is 6.24. The number of fused-ring (bicyclic) bond motifs is 1. The summed E-state index contributed by atoms with van der Waals surface area (Å²) in [5.41, 5.74) is 2.02. The Kier molecular flexibility index (Phi) is 3.52. The zero-order valence-corrected chi connectivity index (χ0v) is 9.84. The van der Waals surface area contributed by atoms with Gasteiger partial charge in [0.05, 0.1) is 24.4 Å². The number of nitrogens with zero attached hydrogens (tertiary/aromatic N) is 1. The van der Waals surface area contributed by atoms with Crippen LogP contribution >= 0.6 is 0 Å². The molecule has 2 rings (SSSR count). The van der Waals surface area contributed by atoms with Crippen molar-refractivity contribution in [1.29, 1.82) is 0 Å². The van der Waals surface area contributed by atoms with Crippen LogP contribution in [0.5, 0.6) is 0 Å². The topological polar surface area (TPSA) is 72.1 Å². The maximum absolute atomic E-state index is 11.7. The predicted octanol–water partition coefficient (Wildman–Crippen LogP) is 1.95. The maximum atomic E-state index is 11.7. The van der Waals surface area contributed by atoms with Crippen LogP contribution in [-0.4, -0.2) is 29.6 Å². The van der Waals surface area contributed by atoms with Crippen molar-refractivity contribution >= 4 is 29.2 Å². The number of aromatic amines is 1. The molecule has 92 valence electrons. The first kappa shape index (κ1) is 12.0. The average Bonchev–Trinajstić information content (AvgIpc) is 2.85. The molecule has 2 aromatic rings. The van der Waals surface area contributed by atoms with Crippen molar-refractivity contribution in [3.63, 3.8) is 0 Å². The van der Waals surface area contributed by atoms with Gasteiger partial charge in [0.2, 0.25) is 0 Å². The lowest BCUT2D eigenvalue weighted by Gasteiger charge is -2.02. The Hall–Kier alpha value is -2.43. The first-order chi connectivity index (χ1) is 8.76. The molecule has 5 heteroatoms. The van der Waals surface area contributed by atoms with E-state index in [1.54, 1.807) is 24.4 Å². The van der Waals surface area contributed by atoms with Crippen LogP contribution in [-0.2, 0) is 9.53 Å². The summed E-state index contributed by atoms with van der Waals surface area (Å²) in [6, 6.07) is 3.57. The third-order valence-electron chi connectivity index (χ3n) is 2.53. The molecule has 0 fully saturated rings. The molecule has 1 aromatic carbocycles. The lowest BCUT2D eigenvalue weighted by Crippen LogP contribution is -2.02. The number of methoxy groups -OCH3 is 1. The van der Waals surface area contributed by atoms with E-state index >= 15 is 0 Å². The van der Waals surface area contributed by atoms with Gasteiger partial charge in [-0.2, -0.15) is 5.10 Å². The van der Waals surface area contributed by atoms with Crippen molar-refractivity contribution in [3.05, 3.63) is 35.5 Å². The van der Waals surface area contributed by atoms with Gasteiger partial charge in [0.15, 0.2) is 0 Å². The summed E-state index contributed by atoms with van der Waals surface area (Å²) in [5, 5.41) is 7.43.